The Labute approximate surface area is 114 Å². The molecule has 0 saturated carbocycles. The quantitative estimate of drug-likeness (QED) is 0.792. The summed E-state index contributed by atoms with van der Waals surface area (Å²) in [4.78, 5) is 4.17. The lowest BCUT2D eigenvalue weighted by Gasteiger charge is -1.97. The highest BCUT2D eigenvalue weighted by molar-refractivity contribution is 7.09. The van der Waals surface area contributed by atoms with Gasteiger partial charge in [-0.3, -0.25) is 0 Å². The van der Waals surface area contributed by atoms with Crippen LogP contribution in [-0.2, 0) is 12.8 Å². The Morgan fingerprint density at radius 1 is 1.17 bits per heavy atom. The van der Waals surface area contributed by atoms with Crippen LogP contribution < -0.4 is 0 Å². The zero-order valence-electron chi connectivity index (χ0n) is 11.7. The van der Waals surface area contributed by atoms with E-state index in [1.54, 1.807) is 17.6 Å². The molecule has 2 aromatic heterocycles. The summed E-state index contributed by atoms with van der Waals surface area (Å²) in [6, 6.07) is 3.94. The van der Waals surface area contributed by atoms with E-state index in [0.29, 0.717) is 5.92 Å². The minimum Gasteiger partial charge on any atom is -0.469 e. The number of aromatic nitrogens is 1. The van der Waals surface area contributed by atoms with Crippen molar-refractivity contribution in [2.24, 2.45) is 11.8 Å². The molecule has 18 heavy (non-hydrogen) atoms. The van der Waals surface area contributed by atoms with Gasteiger partial charge in [0, 0.05) is 24.4 Å². The summed E-state index contributed by atoms with van der Waals surface area (Å²) in [5.41, 5.74) is 0. The Morgan fingerprint density at radius 3 is 2.33 bits per heavy atom. The van der Waals surface area contributed by atoms with E-state index in [4.69, 9.17) is 4.42 Å². The summed E-state index contributed by atoms with van der Waals surface area (Å²) in [6.07, 6.45) is 5.75. The van der Waals surface area contributed by atoms with E-state index < -0.39 is 0 Å². The third-order valence-electron chi connectivity index (χ3n) is 2.26. The van der Waals surface area contributed by atoms with Crippen LogP contribution in [0.3, 0.4) is 0 Å². The molecule has 0 aliphatic rings. The molecule has 0 aliphatic carbocycles. The number of nitrogens with zero attached hydrogens (tertiary/aromatic N) is 1. The third kappa shape index (κ3) is 6.60. The highest BCUT2D eigenvalue weighted by Crippen LogP contribution is 2.09. The fraction of sp³-hybridized carbons (Fsp3) is 0.533. The van der Waals surface area contributed by atoms with Gasteiger partial charge >= 0.3 is 0 Å². The van der Waals surface area contributed by atoms with E-state index in [2.05, 4.69) is 32.7 Å². The van der Waals surface area contributed by atoms with Crippen molar-refractivity contribution in [3.63, 3.8) is 0 Å². The predicted octanol–water partition coefficient (Wildman–Crippen LogP) is 4.82. The second-order valence-corrected chi connectivity index (χ2v) is 6.18. The Kier molecular flexibility index (Phi) is 6.73. The van der Waals surface area contributed by atoms with Gasteiger partial charge in [-0.2, -0.15) is 0 Å². The maximum atomic E-state index is 5.14. The van der Waals surface area contributed by atoms with Gasteiger partial charge in [-0.05, 0) is 24.0 Å². The van der Waals surface area contributed by atoms with Crippen molar-refractivity contribution >= 4 is 11.3 Å². The molecule has 2 aromatic rings. The van der Waals surface area contributed by atoms with Crippen molar-refractivity contribution in [2.45, 2.75) is 40.5 Å². The van der Waals surface area contributed by atoms with Gasteiger partial charge in [-0.25, -0.2) is 4.98 Å². The minimum absolute atomic E-state index is 0.691. The fourth-order valence-electron chi connectivity index (χ4n) is 1.53. The Balaban J connectivity index is 0.000000180. The van der Waals surface area contributed by atoms with Crippen molar-refractivity contribution < 1.29 is 4.42 Å². The van der Waals surface area contributed by atoms with Gasteiger partial charge in [0.15, 0.2) is 0 Å². The van der Waals surface area contributed by atoms with E-state index in [1.807, 2.05) is 23.7 Å². The molecule has 2 rings (SSSR count). The van der Waals surface area contributed by atoms with Crippen LogP contribution in [-0.4, -0.2) is 4.98 Å². The molecular formula is C15H23NOS. The second kappa shape index (κ2) is 8.09. The second-order valence-electron chi connectivity index (χ2n) is 5.20. The molecule has 0 atom stereocenters. The van der Waals surface area contributed by atoms with E-state index in [-0.39, 0.29) is 0 Å². The largest absolute Gasteiger partial charge is 0.469 e. The lowest BCUT2D eigenvalue weighted by Crippen LogP contribution is -1.91. The molecule has 2 heterocycles. The van der Waals surface area contributed by atoms with Crippen molar-refractivity contribution in [2.75, 3.05) is 0 Å². The standard InChI is InChI=1S/C8H12O.C7H11NS/c1-7(2)6-8-4-3-5-9-8;1-6(2)5-7-8-3-4-9-7/h3-5,7H,6H2,1-2H3;3-4,6H,5H2,1-2H3. The normalized spacial score (nSPS) is 10.6. The summed E-state index contributed by atoms with van der Waals surface area (Å²) in [7, 11) is 0. The van der Waals surface area contributed by atoms with Crippen molar-refractivity contribution in [1.29, 1.82) is 0 Å². The number of furan rings is 1. The first-order valence-corrected chi connectivity index (χ1v) is 7.36. The number of thiazole rings is 1. The maximum absolute atomic E-state index is 5.14. The van der Waals surface area contributed by atoms with Crippen LogP contribution in [0.4, 0.5) is 0 Å². The van der Waals surface area contributed by atoms with Gasteiger partial charge in [0.1, 0.15) is 5.76 Å². The molecule has 0 fully saturated rings. The zero-order valence-corrected chi connectivity index (χ0v) is 12.5. The molecule has 0 N–H and O–H groups in total. The molecule has 0 aliphatic heterocycles. The fourth-order valence-corrected chi connectivity index (χ4v) is 2.36. The molecule has 2 nitrogen and oxygen atoms in total. The first-order chi connectivity index (χ1) is 8.58. The van der Waals surface area contributed by atoms with Crippen LogP contribution in [0.2, 0.25) is 0 Å². The van der Waals surface area contributed by atoms with Gasteiger partial charge in [0.2, 0.25) is 0 Å². The molecule has 0 spiro atoms. The van der Waals surface area contributed by atoms with Crippen LogP contribution in [0, 0.1) is 11.8 Å². The van der Waals surface area contributed by atoms with Gasteiger partial charge in [0.05, 0.1) is 11.3 Å². The first kappa shape index (κ1) is 15.0. The van der Waals surface area contributed by atoms with E-state index in [0.717, 1.165) is 24.5 Å². The molecule has 0 aromatic carbocycles. The molecule has 0 radical (unpaired) electrons. The summed E-state index contributed by atoms with van der Waals surface area (Å²) < 4.78 is 5.14. The average molecular weight is 265 g/mol. The molecule has 3 heteroatoms. The minimum atomic E-state index is 0.691. The third-order valence-corrected chi connectivity index (χ3v) is 3.06. The number of hydrogen-bond acceptors (Lipinski definition) is 3. The van der Waals surface area contributed by atoms with Crippen molar-refractivity contribution in [3.8, 4) is 0 Å². The summed E-state index contributed by atoms with van der Waals surface area (Å²) in [5.74, 6) is 2.51. The van der Waals surface area contributed by atoms with Gasteiger partial charge in [-0.1, -0.05) is 27.7 Å². The van der Waals surface area contributed by atoms with E-state index >= 15 is 0 Å². The lowest BCUT2D eigenvalue weighted by atomic mass is 10.1. The number of rotatable bonds is 4. The Morgan fingerprint density at radius 2 is 1.89 bits per heavy atom. The molecular weight excluding hydrogens is 242 g/mol. The van der Waals surface area contributed by atoms with Crippen LogP contribution >= 0.6 is 11.3 Å². The Hall–Kier alpha value is -1.09. The molecule has 0 unspecified atom stereocenters. The first-order valence-electron chi connectivity index (χ1n) is 6.48. The number of hydrogen-bond donors (Lipinski definition) is 0. The molecule has 100 valence electrons. The van der Waals surface area contributed by atoms with Crippen molar-refractivity contribution in [1.82, 2.24) is 4.98 Å². The average Bonchev–Trinajstić information content (AvgIpc) is 2.90. The van der Waals surface area contributed by atoms with E-state index in [1.165, 1.54) is 5.01 Å². The zero-order chi connectivity index (χ0) is 13.4. The monoisotopic (exact) mass is 265 g/mol. The van der Waals surface area contributed by atoms with Gasteiger partial charge in [0.25, 0.3) is 0 Å². The predicted molar refractivity (Wildman–Crippen MR) is 77.9 cm³/mol. The molecule has 0 bridgehead atoms. The molecule has 0 amide bonds. The highest BCUT2D eigenvalue weighted by atomic mass is 32.1. The van der Waals surface area contributed by atoms with Crippen LogP contribution in [0.15, 0.2) is 34.4 Å². The molecule has 0 saturated heterocycles. The summed E-state index contributed by atoms with van der Waals surface area (Å²) in [5, 5.41) is 3.28. The van der Waals surface area contributed by atoms with E-state index in [9.17, 15) is 0 Å². The van der Waals surface area contributed by atoms with Crippen LogP contribution in [0.5, 0.6) is 0 Å². The smallest absolute Gasteiger partial charge is 0.104 e. The van der Waals surface area contributed by atoms with Crippen LogP contribution in [0.25, 0.3) is 0 Å². The lowest BCUT2D eigenvalue weighted by molar-refractivity contribution is 0.472. The SMILES string of the molecule is CC(C)Cc1ccco1.CC(C)Cc1nccs1. The maximum Gasteiger partial charge on any atom is 0.104 e. The summed E-state index contributed by atoms with van der Waals surface area (Å²) >= 11 is 1.74. The van der Waals surface area contributed by atoms with Crippen molar-refractivity contribution in [3.05, 3.63) is 40.7 Å². The Bertz CT molecular complexity index is 350. The van der Waals surface area contributed by atoms with Gasteiger partial charge in [-0.15, -0.1) is 11.3 Å². The highest BCUT2D eigenvalue weighted by Gasteiger charge is 1.98. The topological polar surface area (TPSA) is 26.0 Å². The van der Waals surface area contributed by atoms with Crippen LogP contribution in [0.1, 0.15) is 38.5 Å². The van der Waals surface area contributed by atoms with Gasteiger partial charge < -0.3 is 4.42 Å². The summed E-state index contributed by atoms with van der Waals surface area (Å²) in [6.45, 7) is 8.79.